The molecule has 2 aromatic carbocycles. The smallest absolute Gasteiger partial charge is 0.161 e. The predicted octanol–water partition coefficient (Wildman–Crippen LogP) is 4.23. The molecule has 1 atom stereocenters. The van der Waals surface area contributed by atoms with Gasteiger partial charge in [0.1, 0.15) is 12.7 Å². The molecule has 0 amide bonds. The number of hydrogen-bond donors (Lipinski definition) is 2. The van der Waals surface area contributed by atoms with Crippen molar-refractivity contribution in [1.29, 1.82) is 0 Å². The Kier molecular flexibility index (Phi) is 8.91. The highest BCUT2D eigenvalue weighted by Gasteiger charge is 2.12. The maximum atomic E-state index is 10.4. The lowest BCUT2D eigenvalue weighted by Gasteiger charge is -2.21. The number of nitrogens with zero attached hydrogens (tertiary/aromatic N) is 1. The lowest BCUT2D eigenvalue weighted by atomic mass is 10.2. The number of ether oxygens (including phenoxy) is 2. The predicted molar refractivity (Wildman–Crippen MR) is 127 cm³/mol. The molecule has 0 aliphatic rings. The quantitative estimate of drug-likeness (QED) is 0.442. The second-order valence-electron chi connectivity index (χ2n) is 7.75. The number of aliphatic hydroxyl groups is 1. The van der Waals surface area contributed by atoms with Crippen molar-refractivity contribution < 1.29 is 14.6 Å². The van der Waals surface area contributed by atoms with Gasteiger partial charge in [-0.1, -0.05) is 36.4 Å². The van der Waals surface area contributed by atoms with Crippen molar-refractivity contribution in [2.45, 2.75) is 32.7 Å². The topological polar surface area (TPSA) is 54.0 Å². The minimum atomic E-state index is -0.595. The van der Waals surface area contributed by atoms with Gasteiger partial charge in [-0.15, -0.1) is 11.3 Å². The molecule has 0 bridgehead atoms. The van der Waals surface area contributed by atoms with E-state index in [1.54, 1.807) is 7.11 Å². The summed E-state index contributed by atoms with van der Waals surface area (Å²) in [5.41, 5.74) is 2.33. The van der Waals surface area contributed by atoms with Gasteiger partial charge in [-0.2, -0.15) is 0 Å². The summed E-state index contributed by atoms with van der Waals surface area (Å²) in [5, 5.41) is 13.9. The molecule has 0 radical (unpaired) electrons. The number of hydrogen-bond acceptors (Lipinski definition) is 6. The summed E-state index contributed by atoms with van der Waals surface area (Å²) < 4.78 is 11.4. The van der Waals surface area contributed by atoms with E-state index in [1.165, 1.54) is 15.3 Å². The summed E-state index contributed by atoms with van der Waals surface area (Å²) in [4.78, 5) is 4.74. The first kappa shape index (κ1) is 23.3. The van der Waals surface area contributed by atoms with Crippen molar-refractivity contribution in [1.82, 2.24) is 10.2 Å². The van der Waals surface area contributed by atoms with Crippen LogP contribution in [0.5, 0.6) is 11.5 Å². The molecule has 0 spiro atoms. The van der Waals surface area contributed by atoms with Crippen molar-refractivity contribution in [2.24, 2.45) is 0 Å². The fourth-order valence-corrected chi connectivity index (χ4v) is 4.27. The molecule has 3 rings (SSSR count). The van der Waals surface area contributed by atoms with Gasteiger partial charge in [-0.3, -0.25) is 4.90 Å². The number of benzene rings is 2. The van der Waals surface area contributed by atoms with E-state index in [2.05, 4.69) is 41.4 Å². The number of likely N-dealkylation sites (N-methyl/N-ethyl adjacent to an activating group) is 1. The molecule has 3 aromatic rings. The Morgan fingerprint density at radius 3 is 2.52 bits per heavy atom. The highest BCUT2D eigenvalue weighted by Crippen LogP contribution is 2.28. The number of aliphatic hydroxyl groups excluding tert-OH is 1. The molecule has 0 unspecified atom stereocenters. The monoisotopic (exact) mass is 440 g/mol. The van der Waals surface area contributed by atoms with Gasteiger partial charge in [0, 0.05) is 35.9 Å². The Bertz CT molecular complexity index is 930. The van der Waals surface area contributed by atoms with Gasteiger partial charge >= 0.3 is 0 Å². The first-order chi connectivity index (χ1) is 15.0. The summed E-state index contributed by atoms with van der Waals surface area (Å²) in [6, 6.07) is 20.5. The maximum absolute atomic E-state index is 10.4. The third-order valence-electron chi connectivity index (χ3n) is 4.90. The van der Waals surface area contributed by atoms with Crippen LogP contribution in [0.25, 0.3) is 0 Å². The normalized spacial score (nSPS) is 12.2. The maximum Gasteiger partial charge on any atom is 0.161 e. The Morgan fingerprint density at radius 1 is 1.00 bits per heavy atom. The highest BCUT2D eigenvalue weighted by atomic mass is 32.1. The molecular weight excluding hydrogens is 408 g/mol. The SMILES string of the molecule is COc1ccc(CNCc2ccc(C)s2)cc1OC[C@@H](O)CN(C)Cc1ccccc1. The van der Waals surface area contributed by atoms with E-state index in [0.29, 0.717) is 18.0 Å². The van der Waals surface area contributed by atoms with Crippen LogP contribution in [0.3, 0.4) is 0 Å². The van der Waals surface area contributed by atoms with E-state index in [-0.39, 0.29) is 6.61 Å². The molecule has 1 aromatic heterocycles. The van der Waals surface area contributed by atoms with Crippen molar-refractivity contribution in [3.05, 3.63) is 81.5 Å². The molecule has 31 heavy (non-hydrogen) atoms. The summed E-state index contributed by atoms with van der Waals surface area (Å²) in [7, 11) is 3.63. The first-order valence-corrected chi connectivity index (χ1v) is 11.3. The van der Waals surface area contributed by atoms with Crippen LogP contribution in [0.4, 0.5) is 0 Å². The molecule has 0 saturated carbocycles. The molecule has 166 valence electrons. The van der Waals surface area contributed by atoms with Gasteiger partial charge in [-0.05, 0) is 49.4 Å². The second-order valence-corrected chi connectivity index (χ2v) is 9.12. The van der Waals surface area contributed by atoms with Gasteiger partial charge < -0.3 is 19.9 Å². The van der Waals surface area contributed by atoms with Crippen molar-refractivity contribution >= 4 is 11.3 Å². The van der Waals surface area contributed by atoms with Crippen molar-refractivity contribution in [3.8, 4) is 11.5 Å². The average Bonchev–Trinajstić information content (AvgIpc) is 3.18. The van der Waals surface area contributed by atoms with Gasteiger partial charge in [0.25, 0.3) is 0 Å². The highest BCUT2D eigenvalue weighted by molar-refractivity contribution is 7.11. The third kappa shape index (κ3) is 7.67. The zero-order valence-electron chi connectivity index (χ0n) is 18.5. The summed E-state index contributed by atoms with van der Waals surface area (Å²) in [5.74, 6) is 1.32. The molecule has 2 N–H and O–H groups in total. The standard InChI is InChI=1S/C25H32N2O3S/c1-19-9-11-23(31-19)15-26-14-21-10-12-24(29-3)25(13-21)30-18-22(28)17-27(2)16-20-7-5-4-6-8-20/h4-13,22,26,28H,14-18H2,1-3H3/t22-/m0/s1. The van der Waals surface area contributed by atoms with E-state index in [9.17, 15) is 5.11 Å². The number of thiophene rings is 1. The summed E-state index contributed by atoms with van der Waals surface area (Å²) in [6.07, 6.45) is -0.595. The van der Waals surface area contributed by atoms with Crippen LogP contribution in [0, 0.1) is 6.92 Å². The Balaban J connectivity index is 1.49. The van der Waals surface area contributed by atoms with Crippen LogP contribution in [0.1, 0.15) is 20.9 Å². The van der Waals surface area contributed by atoms with E-state index in [0.717, 1.165) is 25.2 Å². The van der Waals surface area contributed by atoms with Gasteiger partial charge in [0.05, 0.1) is 7.11 Å². The summed E-state index contributed by atoms with van der Waals surface area (Å²) >= 11 is 1.81. The van der Waals surface area contributed by atoms with Crippen molar-refractivity contribution in [3.63, 3.8) is 0 Å². The fraction of sp³-hybridized carbons (Fsp3) is 0.360. The lowest BCUT2D eigenvalue weighted by Crippen LogP contribution is -2.32. The molecule has 1 heterocycles. The zero-order chi connectivity index (χ0) is 22.1. The van der Waals surface area contributed by atoms with Gasteiger partial charge in [-0.25, -0.2) is 0 Å². The zero-order valence-corrected chi connectivity index (χ0v) is 19.3. The van der Waals surface area contributed by atoms with Gasteiger partial charge in [0.2, 0.25) is 0 Å². The molecule has 6 heteroatoms. The number of aryl methyl sites for hydroxylation is 1. The van der Waals surface area contributed by atoms with Crippen LogP contribution in [-0.2, 0) is 19.6 Å². The van der Waals surface area contributed by atoms with Crippen molar-refractivity contribution in [2.75, 3.05) is 27.3 Å². The van der Waals surface area contributed by atoms with Crippen LogP contribution >= 0.6 is 11.3 Å². The third-order valence-corrected chi connectivity index (χ3v) is 5.90. The van der Waals surface area contributed by atoms with Crippen LogP contribution in [0.2, 0.25) is 0 Å². The fourth-order valence-electron chi connectivity index (χ4n) is 3.41. The number of nitrogens with one attached hydrogen (secondary N) is 1. The van der Waals surface area contributed by atoms with E-state index < -0.39 is 6.10 Å². The molecule has 0 fully saturated rings. The van der Waals surface area contributed by atoms with Crippen LogP contribution < -0.4 is 14.8 Å². The summed E-state index contributed by atoms with van der Waals surface area (Å²) in [6.45, 7) is 5.22. The van der Waals surface area contributed by atoms with Gasteiger partial charge in [0.15, 0.2) is 11.5 Å². The number of methoxy groups -OCH3 is 1. The van der Waals surface area contributed by atoms with Crippen LogP contribution in [0.15, 0.2) is 60.7 Å². The second kappa shape index (κ2) is 11.9. The minimum absolute atomic E-state index is 0.209. The Hall–Kier alpha value is -2.38. The Morgan fingerprint density at radius 2 is 1.81 bits per heavy atom. The number of rotatable bonds is 12. The van der Waals surface area contributed by atoms with E-state index in [4.69, 9.17) is 9.47 Å². The minimum Gasteiger partial charge on any atom is -0.493 e. The Labute approximate surface area is 189 Å². The first-order valence-electron chi connectivity index (χ1n) is 10.5. The molecular formula is C25H32N2O3S. The molecule has 0 aliphatic carbocycles. The van der Waals surface area contributed by atoms with Crippen LogP contribution in [-0.4, -0.2) is 43.4 Å². The lowest BCUT2D eigenvalue weighted by molar-refractivity contribution is 0.0732. The molecule has 5 nitrogen and oxygen atoms in total. The van der Waals surface area contributed by atoms with E-state index >= 15 is 0 Å². The molecule has 0 saturated heterocycles. The average molecular weight is 441 g/mol. The largest absolute Gasteiger partial charge is 0.493 e. The molecule has 0 aliphatic heterocycles. The van der Waals surface area contributed by atoms with E-state index in [1.807, 2.05) is 54.8 Å².